The standard InChI is InChI=1S/C80H144NO8P/c1-6-8-10-12-14-16-18-20-22-24-26-28-30-32-34-36-37-38-39-40-41-42-43-45-47-49-51-53-55-57-59-61-63-65-67-69-71-73-80(83)89-78(77-88-90(84,85)87-75-74-81(3,4)5)76-86-79(82)72-70-68-66-64-62-60-58-56-54-52-50-48-46-44-35-33-31-29-27-25-23-21-19-17-15-13-11-9-7-2/h8-11,14-17,20-23,26-29,78H,6-7,12-13,18-19,24-25,30-77H2,1-5H3/b10-8-,11-9-,16-14-,17-15-,22-20-,23-21-,28-26-,29-27-. The first-order chi connectivity index (χ1) is 44.0. The summed E-state index contributed by atoms with van der Waals surface area (Å²) in [7, 11) is 1.18. The van der Waals surface area contributed by atoms with Crippen LogP contribution >= 0.6 is 7.82 Å². The van der Waals surface area contributed by atoms with Crippen molar-refractivity contribution in [2.45, 2.75) is 354 Å². The molecule has 0 aromatic carbocycles. The molecule has 0 radical (unpaired) electrons. The number of rotatable bonds is 70. The maximum Gasteiger partial charge on any atom is 0.306 e. The second-order valence-corrected chi connectivity index (χ2v) is 28.0. The number of ether oxygens (including phenoxy) is 2. The number of quaternary nitrogens is 1. The highest BCUT2D eigenvalue weighted by Gasteiger charge is 2.22. The van der Waals surface area contributed by atoms with Crippen LogP contribution in [0.5, 0.6) is 0 Å². The van der Waals surface area contributed by atoms with E-state index in [0.29, 0.717) is 17.4 Å². The highest BCUT2D eigenvalue weighted by molar-refractivity contribution is 7.45. The van der Waals surface area contributed by atoms with Crippen molar-refractivity contribution in [3.63, 3.8) is 0 Å². The largest absolute Gasteiger partial charge is 0.756 e. The van der Waals surface area contributed by atoms with Crippen LogP contribution in [0.15, 0.2) is 97.2 Å². The maximum absolute atomic E-state index is 12.9. The Balaban J connectivity index is 3.95. The van der Waals surface area contributed by atoms with E-state index in [1.54, 1.807) is 0 Å². The summed E-state index contributed by atoms with van der Waals surface area (Å²) in [5, 5.41) is 0. The third-order valence-electron chi connectivity index (χ3n) is 16.6. The molecule has 0 aliphatic heterocycles. The van der Waals surface area contributed by atoms with Crippen molar-refractivity contribution < 1.29 is 42.1 Å². The van der Waals surface area contributed by atoms with E-state index in [1.807, 2.05) is 21.1 Å². The molecule has 0 aromatic heterocycles. The Hall–Kier alpha value is -3.07. The van der Waals surface area contributed by atoms with Gasteiger partial charge in [0.2, 0.25) is 0 Å². The Morgan fingerprint density at radius 3 is 0.889 bits per heavy atom. The molecule has 0 aliphatic rings. The van der Waals surface area contributed by atoms with E-state index in [2.05, 4.69) is 111 Å². The van der Waals surface area contributed by atoms with Crippen LogP contribution < -0.4 is 4.89 Å². The zero-order valence-corrected chi connectivity index (χ0v) is 60.5. The van der Waals surface area contributed by atoms with Crippen LogP contribution in [0.4, 0.5) is 0 Å². The van der Waals surface area contributed by atoms with Crippen LogP contribution in [0.1, 0.15) is 348 Å². The van der Waals surface area contributed by atoms with Crippen molar-refractivity contribution in [2.75, 3.05) is 47.5 Å². The summed E-state index contributed by atoms with van der Waals surface area (Å²) in [5.41, 5.74) is 0. The summed E-state index contributed by atoms with van der Waals surface area (Å²) in [4.78, 5) is 38.1. The molecule has 2 unspecified atom stereocenters. The number of allylic oxidation sites excluding steroid dienone is 16. The third-order valence-corrected chi connectivity index (χ3v) is 17.6. The summed E-state index contributed by atoms with van der Waals surface area (Å²) in [5.74, 6) is -0.818. The average molecular weight is 1280 g/mol. The Morgan fingerprint density at radius 2 is 0.600 bits per heavy atom. The quantitative estimate of drug-likeness (QED) is 0.0195. The number of carbonyl (C=O) groups excluding carboxylic acids is 2. The molecule has 0 heterocycles. The molecule has 0 fully saturated rings. The number of likely N-dealkylation sites (N-methyl/N-ethyl adjacent to an activating group) is 1. The highest BCUT2D eigenvalue weighted by atomic mass is 31.2. The van der Waals surface area contributed by atoms with Crippen molar-refractivity contribution in [3.8, 4) is 0 Å². The van der Waals surface area contributed by atoms with E-state index in [9.17, 15) is 19.0 Å². The minimum atomic E-state index is -4.65. The van der Waals surface area contributed by atoms with E-state index in [-0.39, 0.29) is 32.0 Å². The van der Waals surface area contributed by atoms with Gasteiger partial charge < -0.3 is 27.9 Å². The number of phosphoric ester groups is 1. The van der Waals surface area contributed by atoms with E-state index in [4.69, 9.17) is 18.5 Å². The topological polar surface area (TPSA) is 111 Å². The number of nitrogens with zero attached hydrogens (tertiary/aromatic N) is 1. The summed E-state index contributed by atoms with van der Waals surface area (Å²) in [6.07, 6.45) is 98.0. The second kappa shape index (κ2) is 70.3. The Bertz CT molecular complexity index is 1840. The number of carbonyl (C=O) groups is 2. The molecule has 2 atom stereocenters. The van der Waals surface area contributed by atoms with Gasteiger partial charge in [0.25, 0.3) is 7.82 Å². The number of unbranched alkanes of at least 4 members (excludes halogenated alkanes) is 40. The number of hydrogen-bond acceptors (Lipinski definition) is 8. The predicted octanol–water partition coefficient (Wildman–Crippen LogP) is 24.4. The number of phosphoric acid groups is 1. The Labute approximate surface area is 557 Å². The van der Waals surface area contributed by atoms with Crippen LogP contribution in [-0.4, -0.2) is 70.0 Å². The first-order valence-electron chi connectivity index (χ1n) is 37.9. The highest BCUT2D eigenvalue weighted by Crippen LogP contribution is 2.38. The van der Waals surface area contributed by atoms with Gasteiger partial charge in [-0.3, -0.25) is 14.2 Å². The van der Waals surface area contributed by atoms with Crippen LogP contribution in [0.2, 0.25) is 0 Å². The van der Waals surface area contributed by atoms with Crippen molar-refractivity contribution in [1.29, 1.82) is 0 Å². The zero-order valence-electron chi connectivity index (χ0n) is 59.6. The van der Waals surface area contributed by atoms with Crippen molar-refractivity contribution in [3.05, 3.63) is 97.2 Å². The van der Waals surface area contributed by atoms with Crippen molar-refractivity contribution in [2.24, 2.45) is 0 Å². The zero-order chi connectivity index (χ0) is 65.5. The molecule has 0 spiro atoms. The molecular weight excluding hydrogens is 1130 g/mol. The molecular formula is C80H144NO8P. The number of hydrogen-bond donors (Lipinski definition) is 0. The van der Waals surface area contributed by atoms with Gasteiger partial charge in [0.05, 0.1) is 27.7 Å². The minimum Gasteiger partial charge on any atom is -0.756 e. The smallest absolute Gasteiger partial charge is 0.306 e. The number of esters is 2. The summed E-state index contributed by atoms with van der Waals surface area (Å²) in [6, 6.07) is 0. The molecule has 0 N–H and O–H groups in total. The van der Waals surface area contributed by atoms with Crippen molar-refractivity contribution >= 4 is 19.8 Å². The molecule has 0 saturated carbocycles. The lowest BCUT2D eigenvalue weighted by Gasteiger charge is -2.28. The van der Waals surface area contributed by atoms with Gasteiger partial charge in [0.15, 0.2) is 6.10 Å². The first kappa shape index (κ1) is 86.9. The fraction of sp³-hybridized carbons (Fsp3) is 0.775. The molecule has 10 heteroatoms. The minimum absolute atomic E-state index is 0.0310. The molecule has 522 valence electrons. The molecule has 0 aliphatic carbocycles. The monoisotopic (exact) mass is 1280 g/mol. The Kier molecular flexibility index (Phi) is 67.9. The fourth-order valence-electron chi connectivity index (χ4n) is 10.9. The third kappa shape index (κ3) is 74.0. The van der Waals surface area contributed by atoms with Crippen LogP contribution in [0, 0.1) is 0 Å². The van der Waals surface area contributed by atoms with Gasteiger partial charge in [-0.05, 0) is 89.9 Å². The fourth-order valence-corrected chi connectivity index (χ4v) is 11.6. The molecule has 0 bridgehead atoms. The maximum atomic E-state index is 12.9. The lowest BCUT2D eigenvalue weighted by molar-refractivity contribution is -0.870. The van der Waals surface area contributed by atoms with E-state index >= 15 is 0 Å². The molecule has 9 nitrogen and oxygen atoms in total. The van der Waals surface area contributed by atoms with Gasteiger partial charge in [-0.25, -0.2) is 0 Å². The summed E-state index contributed by atoms with van der Waals surface area (Å²) < 4.78 is 34.4. The SMILES string of the molecule is CC/C=C\C/C=C\C/C=C\C/C=C\CCCCCCCCCCCCCCCCCCCCCCCCCCC(=O)OC(COC(=O)CCCCCCCCCCCCCCCCCC/C=C\C/C=C\C/C=C\C/C=C\CC)COP(=O)([O-])OCC[N+](C)(C)C. The van der Waals surface area contributed by atoms with E-state index in [1.165, 1.54) is 231 Å². The van der Waals surface area contributed by atoms with Gasteiger partial charge >= 0.3 is 11.9 Å². The predicted molar refractivity (Wildman–Crippen MR) is 388 cm³/mol. The second-order valence-electron chi connectivity index (χ2n) is 26.6. The molecule has 0 rings (SSSR count). The van der Waals surface area contributed by atoms with Gasteiger partial charge in [-0.1, -0.05) is 342 Å². The normalized spacial score (nSPS) is 13.6. The van der Waals surface area contributed by atoms with Crippen LogP contribution in [0.3, 0.4) is 0 Å². The van der Waals surface area contributed by atoms with Crippen LogP contribution in [0.25, 0.3) is 0 Å². The summed E-state index contributed by atoms with van der Waals surface area (Å²) >= 11 is 0. The van der Waals surface area contributed by atoms with Crippen LogP contribution in [-0.2, 0) is 32.7 Å². The van der Waals surface area contributed by atoms with Gasteiger partial charge in [0.1, 0.15) is 19.8 Å². The summed E-state index contributed by atoms with van der Waals surface area (Å²) in [6.45, 7) is 4.06. The van der Waals surface area contributed by atoms with Gasteiger partial charge in [-0.15, -0.1) is 0 Å². The molecule has 0 saturated heterocycles. The lowest BCUT2D eigenvalue weighted by atomic mass is 10.0. The van der Waals surface area contributed by atoms with Gasteiger partial charge in [0, 0.05) is 12.8 Å². The van der Waals surface area contributed by atoms with E-state index in [0.717, 1.165) is 83.5 Å². The molecule has 90 heavy (non-hydrogen) atoms. The van der Waals surface area contributed by atoms with Gasteiger partial charge in [-0.2, -0.15) is 0 Å². The van der Waals surface area contributed by atoms with Crippen molar-refractivity contribution in [1.82, 2.24) is 0 Å². The Morgan fingerprint density at radius 1 is 0.344 bits per heavy atom. The first-order valence-corrected chi connectivity index (χ1v) is 39.4. The lowest BCUT2D eigenvalue weighted by Crippen LogP contribution is -2.37. The molecule has 0 amide bonds. The average Bonchev–Trinajstić information content (AvgIpc) is 3.58. The molecule has 0 aromatic rings. The van der Waals surface area contributed by atoms with E-state index < -0.39 is 26.5 Å².